The van der Waals surface area contributed by atoms with Crippen LogP contribution in [0.1, 0.15) is 33.1 Å². The predicted molar refractivity (Wildman–Crippen MR) is 118 cm³/mol. The molecule has 0 radical (unpaired) electrons. The summed E-state index contributed by atoms with van der Waals surface area (Å²) in [5.74, 6) is 0.162. The Bertz CT molecular complexity index is 1120. The zero-order chi connectivity index (χ0) is 21.8. The van der Waals surface area contributed by atoms with Crippen LogP contribution in [-0.4, -0.2) is 35.9 Å². The topological polar surface area (TPSA) is 70.4 Å². The van der Waals surface area contributed by atoms with Crippen LogP contribution in [0.5, 0.6) is 5.75 Å². The largest absolute Gasteiger partial charge is 0.497 e. The normalized spacial score (nSPS) is 19.2. The molecule has 2 atom stereocenters. The molecule has 4 rings (SSSR count). The van der Waals surface area contributed by atoms with E-state index >= 15 is 0 Å². The highest BCUT2D eigenvalue weighted by atomic mass is 16.5. The van der Waals surface area contributed by atoms with E-state index in [4.69, 9.17) is 4.74 Å². The number of hydrogen-bond acceptors (Lipinski definition) is 3. The maximum Gasteiger partial charge on any atom is 0.304 e. The molecule has 6 heteroatoms. The molecule has 1 aliphatic heterocycles. The van der Waals surface area contributed by atoms with Gasteiger partial charge in [-0.3, -0.25) is 9.59 Å². The van der Waals surface area contributed by atoms with Crippen molar-refractivity contribution in [2.75, 3.05) is 7.11 Å². The summed E-state index contributed by atoms with van der Waals surface area (Å²) in [7, 11) is 1.61. The smallest absolute Gasteiger partial charge is 0.304 e. The van der Waals surface area contributed by atoms with Crippen LogP contribution in [-0.2, 0) is 4.79 Å². The fourth-order valence-corrected chi connectivity index (χ4v) is 3.64. The Morgan fingerprint density at radius 2 is 1.77 bits per heavy atom. The van der Waals surface area contributed by atoms with E-state index in [9.17, 15) is 9.59 Å². The van der Waals surface area contributed by atoms with Gasteiger partial charge in [-0.25, -0.2) is 0 Å². The average Bonchev–Trinajstić information content (AvgIpc) is 3.09. The summed E-state index contributed by atoms with van der Waals surface area (Å²) in [6, 6.07) is 23.2. The van der Waals surface area contributed by atoms with E-state index < -0.39 is 12.1 Å². The Hall–Kier alpha value is -3.93. The minimum absolute atomic E-state index is 0.269. The van der Waals surface area contributed by atoms with Gasteiger partial charge in [0, 0.05) is 16.7 Å². The molecular formula is C25H24N3O3+. The number of hydrazine groups is 1. The summed E-state index contributed by atoms with van der Waals surface area (Å²) >= 11 is 0. The Morgan fingerprint density at radius 3 is 2.48 bits per heavy atom. The van der Waals surface area contributed by atoms with Gasteiger partial charge in [0.25, 0.3) is 5.91 Å². The lowest BCUT2D eigenvalue weighted by atomic mass is 9.98. The maximum atomic E-state index is 12.9. The number of hydrazone groups is 1. The SMILES string of the molecule is COc1cccc(/C=[N+]2\NC(=O)[C@@H](NC(=O)c3ccccc3)[C@H]2c2ccc(C)cc2)c1. The highest BCUT2D eigenvalue weighted by Crippen LogP contribution is 2.26. The number of methoxy groups -OCH3 is 1. The van der Waals surface area contributed by atoms with Crippen molar-refractivity contribution in [3.63, 3.8) is 0 Å². The van der Waals surface area contributed by atoms with E-state index in [0.717, 1.165) is 22.4 Å². The Labute approximate surface area is 181 Å². The van der Waals surface area contributed by atoms with Crippen molar-refractivity contribution < 1.29 is 19.0 Å². The van der Waals surface area contributed by atoms with Crippen molar-refractivity contribution >= 4 is 18.0 Å². The summed E-state index contributed by atoms with van der Waals surface area (Å²) in [6.07, 6.45) is 1.85. The Morgan fingerprint density at radius 1 is 1.03 bits per heavy atom. The van der Waals surface area contributed by atoms with Crippen LogP contribution in [0.4, 0.5) is 0 Å². The molecule has 1 fully saturated rings. The molecule has 1 aliphatic rings. The maximum absolute atomic E-state index is 12.9. The van der Waals surface area contributed by atoms with Gasteiger partial charge < -0.3 is 10.1 Å². The molecule has 3 aromatic carbocycles. The van der Waals surface area contributed by atoms with Gasteiger partial charge in [-0.05, 0) is 37.3 Å². The first-order chi connectivity index (χ1) is 15.0. The van der Waals surface area contributed by atoms with Crippen LogP contribution in [0.25, 0.3) is 0 Å². The minimum atomic E-state index is -0.753. The van der Waals surface area contributed by atoms with Crippen LogP contribution >= 0.6 is 0 Å². The quantitative estimate of drug-likeness (QED) is 0.631. The molecule has 1 saturated heterocycles. The average molecular weight is 414 g/mol. The number of amides is 2. The molecule has 0 aromatic heterocycles. The van der Waals surface area contributed by atoms with Gasteiger partial charge in [0.05, 0.1) is 7.11 Å². The summed E-state index contributed by atoms with van der Waals surface area (Å²) in [5, 5.41) is 2.91. The number of hydrogen-bond donors (Lipinski definition) is 2. The molecule has 0 aliphatic carbocycles. The second kappa shape index (κ2) is 8.83. The molecule has 0 unspecified atom stereocenters. The van der Waals surface area contributed by atoms with Crippen LogP contribution < -0.4 is 15.5 Å². The van der Waals surface area contributed by atoms with E-state index in [2.05, 4.69) is 10.7 Å². The lowest BCUT2D eigenvalue weighted by molar-refractivity contribution is -0.596. The van der Waals surface area contributed by atoms with Gasteiger partial charge in [-0.15, -0.1) is 10.1 Å². The van der Waals surface area contributed by atoms with Gasteiger partial charge >= 0.3 is 5.91 Å². The number of nitrogens with one attached hydrogen (secondary N) is 2. The first-order valence-electron chi connectivity index (χ1n) is 10.1. The van der Waals surface area contributed by atoms with Gasteiger partial charge in [-0.2, -0.15) is 0 Å². The second-order valence-electron chi connectivity index (χ2n) is 7.46. The number of rotatable bonds is 5. The molecule has 0 saturated carbocycles. The number of ether oxygens (including phenoxy) is 1. The summed E-state index contributed by atoms with van der Waals surface area (Å²) < 4.78 is 7.05. The molecular weight excluding hydrogens is 390 g/mol. The minimum Gasteiger partial charge on any atom is -0.497 e. The molecule has 1 heterocycles. The molecule has 3 aromatic rings. The zero-order valence-electron chi connectivity index (χ0n) is 17.4. The molecule has 31 heavy (non-hydrogen) atoms. The zero-order valence-corrected chi connectivity index (χ0v) is 17.4. The van der Waals surface area contributed by atoms with E-state index in [-0.39, 0.29) is 11.8 Å². The summed E-state index contributed by atoms with van der Waals surface area (Å²) in [4.78, 5) is 25.7. The fraction of sp³-hybridized carbons (Fsp3) is 0.160. The molecule has 2 amide bonds. The van der Waals surface area contributed by atoms with Gasteiger partial charge in [0.15, 0.2) is 6.04 Å². The molecule has 6 nitrogen and oxygen atoms in total. The predicted octanol–water partition coefficient (Wildman–Crippen LogP) is 3.02. The van der Waals surface area contributed by atoms with Crippen LogP contribution in [0.15, 0.2) is 78.9 Å². The molecule has 156 valence electrons. The number of benzene rings is 3. The van der Waals surface area contributed by atoms with Crippen LogP contribution in [0.3, 0.4) is 0 Å². The van der Waals surface area contributed by atoms with Crippen molar-refractivity contribution in [1.29, 1.82) is 0 Å². The highest BCUT2D eigenvalue weighted by Gasteiger charge is 2.47. The van der Waals surface area contributed by atoms with E-state index in [1.165, 1.54) is 0 Å². The first kappa shape index (κ1) is 20.3. The van der Waals surface area contributed by atoms with E-state index in [1.54, 1.807) is 36.1 Å². The Kier molecular flexibility index (Phi) is 5.80. The monoisotopic (exact) mass is 414 g/mol. The van der Waals surface area contributed by atoms with Crippen molar-refractivity contribution in [3.05, 3.63) is 101 Å². The molecule has 2 N–H and O–H groups in total. The fourth-order valence-electron chi connectivity index (χ4n) is 3.64. The summed E-state index contributed by atoms with van der Waals surface area (Å²) in [6.45, 7) is 2.01. The number of aryl methyl sites for hydroxylation is 1. The third-order valence-corrected chi connectivity index (χ3v) is 5.26. The lowest BCUT2D eigenvalue weighted by Crippen LogP contribution is -2.42. The van der Waals surface area contributed by atoms with E-state index in [1.807, 2.05) is 67.7 Å². The third kappa shape index (κ3) is 4.48. The van der Waals surface area contributed by atoms with Gasteiger partial charge in [0.2, 0.25) is 12.3 Å². The van der Waals surface area contributed by atoms with Crippen molar-refractivity contribution in [3.8, 4) is 5.75 Å². The number of nitrogens with zero attached hydrogens (tertiary/aromatic N) is 1. The summed E-state index contributed by atoms with van der Waals surface area (Å²) in [5.41, 5.74) is 6.31. The van der Waals surface area contributed by atoms with Gasteiger partial charge in [0.1, 0.15) is 5.75 Å². The van der Waals surface area contributed by atoms with Crippen LogP contribution in [0, 0.1) is 6.92 Å². The first-order valence-corrected chi connectivity index (χ1v) is 10.1. The lowest BCUT2D eigenvalue weighted by Gasteiger charge is -2.15. The Balaban J connectivity index is 1.71. The highest BCUT2D eigenvalue weighted by molar-refractivity contribution is 5.98. The van der Waals surface area contributed by atoms with Crippen LogP contribution in [0.2, 0.25) is 0 Å². The second-order valence-corrected chi connectivity index (χ2v) is 7.46. The molecule has 0 spiro atoms. The number of carbonyl (C=O) groups is 2. The van der Waals surface area contributed by atoms with Crippen molar-refractivity contribution in [2.24, 2.45) is 0 Å². The van der Waals surface area contributed by atoms with Crippen molar-refractivity contribution in [2.45, 2.75) is 19.0 Å². The standard InChI is InChI=1S/C25H23N3O3/c1-17-11-13-19(14-12-17)23-22(26-24(29)20-8-4-3-5-9-20)25(30)27-28(23)16-18-7-6-10-21(15-18)31-2/h3-16,22-23H,1-2H3,(H-,26,27,29,30)/p+1/b28-16-/t22-,23+/m0/s1. The molecule has 0 bridgehead atoms. The number of carbonyl (C=O) groups excluding carboxylic acids is 2. The third-order valence-electron chi connectivity index (χ3n) is 5.26. The van der Waals surface area contributed by atoms with Crippen molar-refractivity contribution in [1.82, 2.24) is 10.7 Å². The van der Waals surface area contributed by atoms with Gasteiger partial charge in [-0.1, -0.05) is 54.1 Å². The van der Waals surface area contributed by atoms with E-state index in [0.29, 0.717) is 5.56 Å².